The SMILES string of the molecule is C=CCN1OCCC1=O.c1cnoc1. The number of aromatic nitrogens is 1. The molecule has 0 bridgehead atoms. The molecule has 0 radical (unpaired) electrons. The zero-order valence-corrected chi connectivity index (χ0v) is 7.76. The number of carbonyl (C=O) groups excluding carboxylic acids is 1. The van der Waals surface area contributed by atoms with Gasteiger partial charge in [0.25, 0.3) is 0 Å². The molecular formula is C9H12N2O3. The van der Waals surface area contributed by atoms with Gasteiger partial charge in [-0.1, -0.05) is 11.2 Å². The first kappa shape index (κ1) is 10.5. The van der Waals surface area contributed by atoms with Crippen LogP contribution in [0, 0.1) is 0 Å². The monoisotopic (exact) mass is 196 g/mol. The van der Waals surface area contributed by atoms with E-state index in [1.165, 1.54) is 11.3 Å². The third-order valence-corrected chi connectivity index (χ3v) is 1.48. The van der Waals surface area contributed by atoms with Crippen molar-refractivity contribution >= 4 is 5.91 Å². The molecule has 2 rings (SSSR count). The zero-order valence-electron chi connectivity index (χ0n) is 7.76. The second kappa shape index (κ2) is 5.93. The molecule has 0 aliphatic carbocycles. The maximum Gasteiger partial charge on any atom is 0.248 e. The Hall–Kier alpha value is -1.62. The molecule has 0 N–H and O–H groups in total. The van der Waals surface area contributed by atoms with E-state index in [1.807, 2.05) is 0 Å². The molecule has 0 aromatic carbocycles. The molecule has 0 saturated carbocycles. The Morgan fingerprint density at radius 1 is 1.71 bits per heavy atom. The van der Waals surface area contributed by atoms with Crippen molar-refractivity contribution in [2.24, 2.45) is 0 Å². The zero-order chi connectivity index (χ0) is 10.2. The lowest BCUT2D eigenvalue weighted by atomic mass is 10.4. The molecule has 1 aliphatic rings. The standard InChI is InChI=1S/C6H9NO2.C3H3NO/c1-2-4-7-6(8)3-5-9-7;1-2-4-5-3-1/h2H,1,3-5H2;1-3H. The van der Waals surface area contributed by atoms with Gasteiger partial charge in [-0.3, -0.25) is 9.63 Å². The second-order valence-electron chi connectivity index (χ2n) is 2.52. The molecule has 76 valence electrons. The van der Waals surface area contributed by atoms with Crippen LogP contribution in [0.25, 0.3) is 0 Å². The number of hydrogen-bond donors (Lipinski definition) is 0. The molecule has 1 aliphatic heterocycles. The molecular weight excluding hydrogens is 184 g/mol. The molecule has 1 fully saturated rings. The van der Waals surface area contributed by atoms with E-state index < -0.39 is 0 Å². The third-order valence-electron chi connectivity index (χ3n) is 1.48. The summed E-state index contributed by atoms with van der Waals surface area (Å²) in [6, 6.07) is 1.72. The van der Waals surface area contributed by atoms with E-state index >= 15 is 0 Å². The minimum Gasteiger partial charge on any atom is -0.365 e. The van der Waals surface area contributed by atoms with Crippen LogP contribution < -0.4 is 0 Å². The maximum absolute atomic E-state index is 10.7. The predicted molar refractivity (Wildman–Crippen MR) is 49.0 cm³/mol. The number of hydrogen-bond acceptors (Lipinski definition) is 4. The van der Waals surface area contributed by atoms with Gasteiger partial charge >= 0.3 is 0 Å². The summed E-state index contributed by atoms with van der Waals surface area (Å²) in [6.45, 7) is 4.50. The summed E-state index contributed by atoms with van der Waals surface area (Å²) < 4.78 is 4.33. The summed E-state index contributed by atoms with van der Waals surface area (Å²) in [7, 11) is 0. The maximum atomic E-state index is 10.7. The van der Waals surface area contributed by atoms with Crippen LogP contribution in [0.3, 0.4) is 0 Å². The van der Waals surface area contributed by atoms with Crippen molar-refractivity contribution in [1.82, 2.24) is 10.2 Å². The van der Waals surface area contributed by atoms with Crippen LogP contribution in [0.1, 0.15) is 6.42 Å². The average Bonchev–Trinajstić information content (AvgIpc) is 2.81. The van der Waals surface area contributed by atoms with Gasteiger partial charge in [0.05, 0.1) is 25.8 Å². The Balaban J connectivity index is 0.000000165. The molecule has 5 nitrogen and oxygen atoms in total. The Morgan fingerprint density at radius 3 is 2.93 bits per heavy atom. The number of nitrogens with zero attached hydrogens (tertiary/aromatic N) is 2. The molecule has 1 aromatic rings. The summed E-state index contributed by atoms with van der Waals surface area (Å²) >= 11 is 0. The van der Waals surface area contributed by atoms with Gasteiger partial charge in [-0.05, 0) is 6.07 Å². The molecule has 1 amide bonds. The van der Waals surface area contributed by atoms with E-state index in [-0.39, 0.29) is 5.91 Å². The van der Waals surface area contributed by atoms with Crippen LogP contribution in [-0.2, 0) is 9.63 Å². The fourth-order valence-corrected chi connectivity index (χ4v) is 0.887. The smallest absolute Gasteiger partial charge is 0.248 e. The summed E-state index contributed by atoms with van der Waals surface area (Å²) in [5.41, 5.74) is 0. The fourth-order valence-electron chi connectivity index (χ4n) is 0.887. The number of rotatable bonds is 2. The number of carbonyl (C=O) groups is 1. The molecule has 2 heterocycles. The predicted octanol–water partition coefficient (Wildman–Crippen LogP) is 1.01. The molecule has 1 aromatic heterocycles. The van der Waals surface area contributed by atoms with Crippen molar-refractivity contribution < 1.29 is 14.2 Å². The van der Waals surface area contributed by atoms with Crippen molar-refractivity contribution in [2.75, 3.05) is 13.2 Å². The second-order valence-corrected chi connectivity index (χ2v) is 2.52. The number of amides is 1. The fraction of sp³-hybridized carbons (Fsp3) is 0.333. The normalized spacial score (nSPS) is 14.9. The minimum atomic E-state index is 0.0508. The van der Waals surface area contributed by atoms with E-state index in [0.717, 1.165) is 0 Å². The Labute approximate surface area is 81.9 Å². The first-order valence-electron chi connectivity index (χ1n) is 4.23. The van der Waals surface area contributed by atoms with Crippen LogP contribution in [0.5, 0.6) is 0 Å². The lowest BCUT2D eigenvalue weighted by Gasteiger charge is -2.09. The minimum absolute atomic E-state index is 0.0508. The van der Waals surface area contributed by atoms with E-state index in [2.05, 4.69) is 16.3 Å². The van der Waals surface area contributed by atoms with Crippen molar-refractivity contribution in [2.45, 2.75) is 6.42 Å². The quantitative estimate of drug-likeness (QED) is 0.662. The van der Waals surface area contributed by atoms with E-state index in [1.54, 1.807) is 18.3 Å². The van der Waals surface area contributed by atoms with Crippen LogP contribution in [0.15, 0.2) is 35.7 Å². The molecule has 14 heavy (non-hydrogen) atoms. The Bertz CT molecular complexity index is 254. The third kappa shape index (κ3) is 3.40. The van der Waals surface area contributed by atoms with Crippen LogP contribution in [-0.4, -0.2) is 29.3 Å². The van der Waals surface area contributed by atoms with Crippen LogP contribution >= 0.6 is 0 Å². The van der Waals surface area contributed by atoms with E-state index in [0.29, 0.717) is 19.6 Å². The van der Waals surface area contributed by atoms with Crippen LogP contribution in [0.4, 0.5) is 0 Å². The van der Waals surface area contributed by atoms with E-state index in [9.17, 15) is 4.79 Å². The topological polar surface area (TPSA) is 55.6 Å². The largest absolute Gasteiger partial charge is 0.365 e. The lowest BCUT2D eigenvalue weighted by molar-refractivity contribution is -0.158. The summed E-state index contributed by atoms with van der Waals surface area (Å²) in [6.07, 6.45) is 5.25. The van der Waals surface area contributed by atoms with Gasteiger partial charge in [-0.15, -0.1) is 6.58 Å². The summed E-state index contributed by atoms with van der Waals surface area (Å²) in [5, 5.41) is 4.67. The first-order valence-corrected chi connectivity index (χ1v) is 4.23. The highest BCUT2D eigenvalue weighted by atomic mass is 16.7. The van der Waals surface area contributed by atoms with Gasteiger partial charge < -0.3 is 4.52 Å². The molecule has 1 saturated heterocycles. The highest BCUT2D eigenvalue weighted by molar-refractivity contribution is 5.76. The Morgan fingerprint density at radius 2 is 2.57 bits per heavy atom. The van der Waals surface area contributed by atoms with Crippen molar-refractivity contribution in [3.05, 3.63) is 31.2 Å². The summed E-state index contributed by atoms with van der Waals surface area (Å²) in [5.74, 6) is 0.0508. The van der Waals surface area contributed by atoms with Crippen molar-refractivity contribution in [1.29, 1.82) is 0 Å². The van der Waals surface area contributed by atoms with Gasteiger partial charge in [-0.25, -0.2) is 5.06 Å². The highest BCUT2D eigenvalue weighted by Gasteiger charge is 2.19. The first-order chi connectivity index (χ1) is 6.84. The van der Waals surface area contributed by atoms with Crippen LogP contribution in [0.2, 0.25) is 0 Å². The van der Waals surface area contributed by atoms with Gasteiger partial charge in [-0.2, -0.15) is 0 Å². The van der Waals surface area contributed by atoms with Gasteiger partial charge in [0.2, 0.25) is 5.91 Å². The van der Waals surface area contributed by atoms with Gasteiger partial charge in [0, 0.05) is 0 Å². The molecule has 5 heteroatoms. The van der Waals surface area contributed by atoms with Crippen molar-refractivity contribution in [3.63, 3.8) is 0 Å². The number of hydroxylamine groups is 2. The lowest BCUT2D eigenvalue weighted by Crippen LogP contribution is -2.22. The van der Waals surface area contributed by atoms with E-state index in [4.69, 9.17) is 4.84 Å². The van der Waals surface area contributed by atoms with Crippen molar-refractivity contribution in [3.8, 4) is 0 Å². The van der Waals surface area contributed by atoms with Gasteiger partial charge in [0.15, 0.2) is 0 Å². The molecule has 0 atom stereocenters. The molecule has 0 unspecified atom stereocenters. The highest BCUT2D eigenvalue weighted by Crippen LogP contribution is 2.04. The Kier molecular flexibility index (Phi) is 4.43. The average molecular weight is 196 g/mol. The molecule has 0 spiro atoms. The van der Waals surface area contributed by atoms with Gasteiger partial charge in [0.1, 0.15) is 6.26 Å². The summed E-state index contributed by atoms with van der Waals surface area (Å²) in [4.78, 5) is 15.6.